The van der Waals surface area contributed by atoms with Crippen molar-refractivity contribution in [3.63, 3.8) is 0 Å². The molecule has 1 aliphatic rings. The smallest absolute Gasteiger partial charge is 0.410 e. The Labute approximate surface area is 177 Å². The van der Waals surface area contributed by atoms with Crippen LogP contribution in [0.4, 0.5) is 4.79 Å². The highest BCUT2D eigenvalue weighted by atomic mass is 32.1. The normalized spacial score (nSPS) is 15.4. The Bertz CT molecular complexity index is 1030. The van der Waals surface area contributed by atoms with E-state index in [0.717, 1.165) is 10.2 Å². The maximum absolute atomic E-state index is 12.5. The van der Waals surface area contributed by atoms with Crippen LogP contribution in [0.25, 0.3) is 15.3 Å². The number of rotatable bonds is 3. The highest BCUT2D eigenvalue weighted by Gasteiger charge is 2.29. The fourth-order valence-corrected chi connectivity index (χ4v) is 3.99. The second kappa shape index (κ2) is 8.02. The van der Waals surface area contributed by atoms with E-state index in [1.807, 2.05) is 45.0 Å². The molecule has 1 fully saturated rings. The van der Waals surface area contributed by atoms with Gasteiger partial charge in [-0.25, -0.2) is 14.6 Å². The summed E-state index contributed by atoms with van der Waals surface area (Å²) in [6.45, 7) is 6.46. The predicted molar refractivity (Wildman–Crippen MR) is 111 cm³/mol. The number of para-hydroxylation sites is 1. The van der Waals surface area contributed by atoms with Crippen molar-refractivity contribution in [1.29, 1.82) is 0 Å². The van der Waals surface area contributed by atoms with E-state index in [1.165, 1.54) is 22.2 Å². The van der Waals surface area contributed by atoms with E-state index in [1.54, 1.807) is 4.90 Å². The van der Waals surface area contributed by atoms with Gasteiger partial charge in [0.05, 0.1) is 16.4 Å². The first-order valence-corrected chi connectivity index (χ1v) is 10.6. The molecule has 0 aliphatic carbocycles. The van der Waals surface area contributed by atoms with Gasteiger partial charge in [-0.1, -0.05) is 28.7 Å². The fourth-order valence-electron chi connectivity index (χ4n) is 3.10. The number of nitrogens with zero attached hydrogens (tertiary/aromatic N) is 5. The van der Waals surface area contributed by atoms with Gasteiger partial charge in [0, 0.05) is 25.9 Å². The fraction of sp³-hybridized carbons (Fsp3) is 0.450. The molecule has 4 rings (SSSR count). The van der Waals surface area contributed by atoms with E-state index in [4.69, 9.17) is 9.47 Å². The number of hydrogen-bond acceptors (Lipinski definition) is 8. The summed E-state index contributed by atoms with van der Waals surface area (Å²) < 4.78 is 13.5. The molecule has 0 bridgehead atoms. The molecule has 2 aromatic heterocycles. The van der Waals surface area contributed by atoms with Crippen molar-refractivity contribution < 1.29 is 19.1 Å². The lowest BCUT2D eigenvalue weighted by Crippen LogP contribution is -2.43. The number of ether oxygens (including phenoxy) is 2. The zero-order chi connectivity index (χ0) is 21.3. The van der Waals surface area contributed by atoms with Gasteiger partial charge in [-0.15, -0.1) is 5.10 Å². The van der Waals surface area contributed by atoms with Crippen molar-refractivity contribution in [2.45, 2.75) is 45.3 Å². The molecule has 3 aromatic rings. The third-order valence-electron chi connectivity index (χ3n) is 4.55. The van der Waals surface area contributed by atoms with Crippen LogP contribution < -0.4 is 0 Å². The lowest BCUT2D eigenvalue weighted by molar-refractivity contribution is -0.00371. The van der Waals surface area contributed by atoms with E-state index in [2.05, 4.69) is 15.3 Å². The molecule has 0 saturated carbocycles. The van der Waals surface area contributed by atoms with Crippen LogP contribution in [0.5, 0.6) is 0 Å². The van der Waals surface area contributed by atoms with Crippen LogP contribution in [0, 0.1) is 0 Å². The zero-order valence-electron chi connectivity index (χ0n) is 17.1. The molecule has 30 heavy (non-hydrogen) atoms. The lowest BCUT2D eigenvalue weighted by atomic mass is 10.1. The number of fused-ring (bicyclic) bond motifs is 1. The average molecular weight is 430 g/mol. The first-order valence-electron chi connectivity index (χ1n) is 9.76. The quantitative estimate of drug-likeness (QED) is 0.588. The molecule has 0 unspecified atom stereocenters. The summed E-state index contributed by atoms with van der Waals surface area (Å²) in [6.07, 6.45) is 2.01. The third kappa shape index (κ3) is 4.59. The molecule has 1 aromatic carbocycles. The monoisotopic (exact) mass is 429 g/mol. The minimum Gasteiger partial charge on any atom is -0.457 e. The van der Waals surface area contributed by atoms with Crippen LogP contribution >= 0.6 is 11.3 Å². The number of hydrogen-bond donors (Lipinski definition) is 0. The van der Waals surface area contributed by atoms with E-state index < -0.39 is 11.6 Å². The Kier molecular flexibility index (Phi) is 5.42. The molecule has 0 radical (unpaired) electrons. The van der Waals surface area contributed by atoms with Gasteiger partial charge in [0.25, 0.3) is 0 Å². The number of esters is 1. The van der Waals surface area contributed by atoms with E-state index in [0.29, 0.717) is 31.1 Å². The second-order valence-electron chi connectivity index (χ2n) is 8.08. The number of carbonyl (C=O) groups excluding carboxylic acids is 2. The SMILES string of the molecule is CC(C)(C)OC(=O)N1CCC(OC(=O)c2cn(-c3nc4ccccc4s3)nn2)CC1. The lowest BCUT2D eigenvalue weighted by Gasteiger charge is -2.33. The van der Waals surface area contributed by atoms with Crippen LogP contribution in [0.3, 0.4) is 0 Å². The molecule has 1 aliphatic heterocycles. The van der Waals surface area contributed by atoms with Crippen LogP contribution in [0.2, 0.25) is 0 Å². The van der Waals surface area contributed by atoms with Gasteiger partial charge >= 0.3 is 12.1 Å². The number of piperidine rings is 1. The molecular formula is C20H23N5O4S. The van der Waals surface area contributed by atoms with Crippen LogP contribution in [-0.4, -0.2) is 61.7 Å². The second-order valence-corrected chi connectivity index (χ2v) is 9.09. The van der Waals surface area contributed by atoms with E-state index in [9.17, 15) is 9.59 Å². The Hall–Kier alpha value is -3.01. The number of thiazole rings is 1. The topological polar surface area (TPSA) is 99.4 Å². The number of carbonyl (C=O) groups is 2. The predicted octanol–water partition coefficient (Wildman–Crippen LogP) is 3.43. The molecule has 0 spiro atoms. The first-order chi connectivity index (χ1) is 14.3. The molecular weight excluding hydrogens is 406 g/mol. The number of amides is 1. The number of likely N-dealkylation sites (tertiary alicyclic amines) is 1. The van der Waals surface area contributed by atoms with Crippen molar-refractivity contribution in [1.82, 2.24) is 24.9 Å². The Morgan fingerprint density at radius 3 is 2.60 bits per heavy atom. The Morgan fingerprint density at radius 2 is 1.90 bits per heavy atom. The van der Waals surface area contributed by atoms with E-state index >= 15 is 0 Å². The van der Waals surface area contributed by atoms with Gasteiger partial charge in [-0.05, 0) is 32.9 Å². The molecule has 1 amide bonds. The van der Waals surface area contributed by atoms with Gasteiger partial charge in [-0.3, -0.25) is 0 Å². The summed E-state index contributed by atoms with van der Waals surface area (Å²) in [5, 5.41) is 8.57. The zero-order valence-corrected chi connectivity index (χ0v) is 17.9. The summed E-state index contributed by atoms with van der Waals surface area (Å²) in [5.74, 6) is -0.530. The average Bonchev–Trinajstić information content (AvgIpc) is 3.34. The minimum absolute atomic E-state index is 0.129. The molecule has 1 saturated heterocycles. The highest BCUT2D eigenvalue weighted by Crippen LogP contribution is 2.24. The highest BCUT2D eigenvalue weighted by molar-refractivity contribution is 7.20. The molecule has 10 heteroatoms. The maximum atomic E-state index is 12.5. The Morgan fingerprint density at radius 1 is 1.17 bits per heavy atom. The Balaban J connectivity index is 1.33. The first kappa shape index (κ1) is 20.3. The minimum atomic E-state index is -0.532. The van der Waals surface area contributed by atoms with Crippen molar-refractivity contribution >= 4 is 33.6 Å². The number of aromatic nitrogens is 4. The summed E-state index contributed by atoms with van der Waals surface area (Å²) in [7, 11) is 0. The summed E-state index contributed by atoms with van der Waals surface area (Å²) in [5.41, 5.74) is 0.466. The van der Waals surface area contributed by atoms with Crippen molar-refractivity contribution in [3.8, 4) is 5.13 Å². The number of benzene rings is 1. The largest absolute Gasteiger partial charge is 0.457 e. The van der Waals surface area contributed by atoms with E-state index in [-0.39, 0.29) is 17.9 Å². The molecule has 9 nitrogen and oxygen atoms in total. The van der Waals surface area contributed by atoms with Gasteiger partial charge in [0.2, 0.25) is 5.13 Å². The molecule has 0 atom stereocenters. The van der Waals surface area contributed by atoms with Crippen molar-refractivity contribution in [3.05, 3.63) is 36.2 Å². The third-order valence-corrected chi connectivity index (χ3v) is 5.57. The van der Waals surface area contributed by atoms with Crippen LogP contribution in [0.1, 0.15) is 44.1 Å². The molecule has 0 N–H and O–H groups in total. The summed E-state index contributed by atoms with van der Waals surface area (Å²) in [6, 6.07) is 7.77. The summed E-state index contributed by atoms with van der Waals surface area (Å²) >= 11 is 1.47. The van der Waals surface area contributed by atoms with Crippen molar-refractivity contribution in [2.24, 2.45) is 0 Å². The van der Waals surface area contributed by atoms with Gasteiger partial charge in [0.1, 0.15) is 11.7 Å². The van der Waals surface area contributed by atoms with Crippen LogP contribution in [-0.2, 0) is 9.47 Å². The molecule has 158 valence electrons. The van der Waals surface area contributed by atoms with Crippen LogP contribution in [0.15, 0.2) is 30.5 Å². The summed E-state index contributed by atoms with van der Waals surface area (Å²) in [4.78, 5) is 30.7. The maximum Gasteiger partial charge on any atom is 0.410 e. The van der Waals surface area contributed by atoms with Gasteiger partial charge in [-0.2, -0.15) is 4.68 Å². The van der Waals surface area contributed by atoms with Crippen molar-refractivity contribution in [2.75, 3.05) is 13.1 Å². The molecule has 3 heterocycles. The standard InChI is InChI=1S/C20H23N5O4S/c1-20(2,3)29-19(27)24-10-8-13(9-11-24)28-17(26)15-12-25(23-22-15)18-21-14-6-4-5-7-16(14)30-18/h4-7,12-13H,8-11H2,1-3H3. The van der Waals surface area contributed by atoms with Gasteiger partial charge < -0.3 is 14.4 Å². The van der Waals surface area contributed by atoms with Gasteiger partial charge in [0.15, 0.2) is 5.69 Å².